The van der Waals surface area contributed by atoms with Gasteiger partial charge in [-0.1, -0.05) is 140 Å². The van der Waals surface area contributed by atoms with Crippen LogP contribution in [0.25, 0.3) is 68.0 Å². The lowest BCUT2D eigenvalue weighted by Gasteiger charge is -2.38. The Labute approximate surface area is 436 Å². The average Bonchev–Trinajstić information content (AvgIpc) is 4.26. The first-order valence-corrected chi connectivity index (χ1v) is 30.0. The molecule has 3 aromatic carbocycles. The molecule has 0 amide bonds. The number of hydrogen-bond donors (Lipinski definition) is 0. The molecule has 0 aliphatic rings. The molecule has 16 heteroatoms. The predicted octanol–water partition coefficient (Wildman–Crippen LogP) is 12.6. The Morgan fingerprint density at radius 2 is 0.595 bits per heavy atom. The van der Waals surface area contributed by atoms with Gasteiger partial charge in [0, 0.05) is 34.6 Å². The number of nitrogens with zero attached hydrogens (tertiary/aromatic N) is 14. The first-order valence-electron chi connectivity index (χ1n) is 25.6. The van der Waals surface area contributed by atoms with Crippen LogP contribution in [0.2, 0.25) is 33.2 Å². The zero-order chi connectivity index (χ0) is 52.3. The van der Waals surface area contributed by atoms with E-state index in [0.29, 0.717) is 44.6 Å². The van der Waals surface area contributed by atoms with E-state index in [-0.39, 0.29) is 0 Å². The summed E-state index contributed by atoms with van der Waals surface area (Å²) in [5.74, 6) is 6.97. The smallest absolute Gasteiger partial charge is 0.146 e. The summed E-state index contributed by atoms with van der Waals surface area (Å²) in [7, 11) is -3.67. The number of benzene rings is 3. The molecule has 0 aliphatic carbocycles. The Morgan fingerprint density at radius 1 is 0.324 bits per heavy atom. The monoisotopic (exact) mass is 1010 g/mol. The summed E-state index contributed by atoms with van der Waals surface area (Å²) in [5, 5.41) is 35.4. The number of pyridine rings is 2. The SMILES string of the molecule is CC(C)[Si](C#Cc1ccc(-c2cn(-c3ccc(-n4cc(-c5ccc(-c6cn(-c7ccc(-n8cc(-c9ccc(C#C[Si](C(C)C)(C(C)C)C(C)C)cn9)nn8)cc7)nn6)cc5)nn4)cc3)nn2)nc1)(C(C)C)C(C)C. The first kappa shape index (κ1) is 51.0. The Kier molecular flexibility index (Phi) is 14.7. The summed E-state index contributed by atoms with van der Waals surface area (Å²) in [6, 6.07) is 31.9. The Balaban J connectivity index is 0.805. The molecule has 0 unspecified atom stereocenters. The van der Waals surface area contributed by atoms with Crippen LogP contribution in [0.3, 0.4) is 0 Å². The van der Waals surface area contributed by atoms with Crippen molar-refractivity contribution in [3.63, 3.8) is 0 Å². The van der Waals surface area contributed by atoms with E-state index in [4.69, 9.17) is 9.97 Å². The number of rotatable bonds is 14. The molecule has 0 atom stereocenters. The van der Waals surface area contributed by atoms with Crippen LogP contribution in [0.5, 0.6) is 0 Å². The van der Waals surface area contributed by atoms with Crippen molar-refractivity contribution in [1.29, 1.82) is 0 Å². The Morgan fingerprint density at radius 3 is 0.851 bits per heavy atom. The van der Waals surface area contributed by atoms with E-state index < -0.39 is 16.1 Å². The van der Waals surface area contributed by atoms with Crippen LogP contribution in [0, 0.1) is 22.9 Å². The second kappa shape index (κ2) is 21.3. The summed E-state index contributed by atoms with van der Waals surface area (Å²) in [6.45, 7) is 27.9. The molecule has 0 saturated heterocycles. The lowest BCUT2D eigenvalue weighted by Crippen LogP contribution is -2.43. The molecule has 74 heavy (non-hydrogen) atoms. The van der Waals surface area contributed by atoms with Crippen molar-refractivity contribution in [2.24, 2.45) is 0 Å². The van der Waals surface area contributed by atoms with Crippen molar-refractivity contribution in [2.75, 3.05) is 0 Å². The van der Waals surface area contributed by atoms with Crippen LogP contribution in [0.15, 0.2) is 134 Å². The van der Waals surface area contributed by atoms with Crippen LogP contribution >= 0.6 is 0 Å². The van der Waals surface area contributed by atoms with Crippen LogP contribution in [0.4, 0.5) is 0 Å². The molecule has 6 heterocycles. The van der Waals surface area contributed by atoms with Gasteiger partial charge in [-0.25, -0.2) is 18.7 Å². The number of hydrogen-bond acceptors (Lipinski definition) is 10. The van der Waals surface area contributed by atoms with Gasteiger partial charge in [-0.3, -0.25) is 9.97 Å². The van der Waals surface area contributed by atoms with E-state index in [1.807, 2.05) is 134 Å². The molecule has 0 fully saturated rings. The summed E-state index contributed by atoms with van der Waals surface area (Å²) >= 11 is 0. The fraction of sp³-hybridized carbons (Fsp3) is 0.310. The van der Waals surface area contributed by atoms with Crippen molar-refractivity contribution in [2.45, 2.75) is 116 Å². The lowest BCUT2D eigenvalue weighted by atomic mass is 10.1. The fourth-order valence-corrected chi connectivity index (χ4v) is 21.3. The minimum Gasteiger partial charge on any atom is -0.253 e. The minimum absolute atomic E-state index is 0.572. The summed E-state index contributed by atoms with van der Waals surface area (Å²) < 4.78 is 7.00. The molecule has 9 rings (SSSR count). The van der Waals surface area contributed by atoms with Crippen LogP contribution in [-0.2, 0) is 0 Å². The molecule has 0 N–H and O–H groups in total. The van der Waals surface area contributed by atoms with E-state index in [1.54, 1.807) is 18.7 Å². The normalized spacial score (nSPS) is 12.0. The van der Waals surface area contributed by atoms with Gasteiger partial charge in [0.1, 0.15) is 38.9 Å². The minimum atomic E-state index is -1.84. The van der Waals surface area contributed by atoms with Crippen molar-refractivity contribution in [3.05, 3.63) is 145 Å². The maximum absolute atomic E-state index is 4.70. The quantitative estimate of drug-likeness (QED) is 0.0761. The Hall–Kier alpha value is -7.93. The summed E-state index contributed by atoms with van der Waals surface area (Å²) in [6.07, 6.45) is 11.3. The fourth-order valence-electron chi connectivity index (χ4n) is 10.9. The molecule has 0 spiro atoms. The molecule has 9 aromatic rings. The van der Waals surface area contributed by atoms with Crippen molar-refractivity contribution in [3.8, 4) is 91.0 Å². The molecule has 6 aromatic heterocycles. The topological polar surface area (TPSA) is 149 Å². The van der Waals surface area contributed by atoms with Gasteiger partial charge in [0.2, 0.25) is 0 Å². The summed E-state index contributed by atoms with van der Waals surface area (Å²) in [5.41, 5.74) is 22.5. The van der Waals surface area contributed by atoms with E-state index in [1.165, 1.54) is 0 Å². The standard InChI is InChI=1S/C58H64N14Si2/c1-39(2)73(40(3)4,41(5)6)31-29-45-13-27-53(59-33-45)57-37-71(67-63-57)51-23-19-49(20-24-51)69-35-55(61-65-69)47-15-17-48(18-16-47)56-36-70(66-62-56)50-21-25-52(26-22-50)72-38-58(64-68-72)54-28-14-46(34-60-54)30-32-74(42(7)8,43(9)10)44(11)12/h13-28,33-44H,1-12H3. The maximum atomic E-state index is 4.70. The van der Waals surface area contributed by atoms with E-state index in [9.17, 15) is 0 Å². The largest absolute Gasteiger partial charge is 0.253 e. The van der Waals surface area contributed by atoms with Gasteiger partial charge in [0.15, 0.2) is 0 Å². The highest BCUT2D eigenvalue weighted by molar-refractivity contribution is 6.91. The highest BCUT2D eigenvalue weighted by Gasteiger charge is 2.42. The predicted molar refractivity (Wildman–Crippen MR) is 299 cm³/mol. The van der Waals surface area contributed by atoms with Crippen LogP contribution in [-0.4, -0.2) is 86.1 Å². The van der Waals surface area contributed by atoms with Crippen molar-refractivity contribution < 1.29 is 0 Å². The van der Waals surface area contributed by atoms with Gasteiger partial charge in [-0.2, -0.15) is 0 Å². The molecule has 0 saturated carbocycles. The summed E-state index contributed by atoms with van der Waals surface area (Å²) in [4.78, 5) is 9.40. The van der Waals surface area contributed by atoms with Gasteiger partial charge in [-0.05, 0) is 106 Å². The molecule has 0 bridgehead atoms. The molecule has 0 radical (unpaired) electrons. The molecular weight excluding hydrogens is 949 g/mol. The maximum Gasteiger partial charge on any atom is 0.146 e. The highest BCUT2D eigenvalue weighted by atomic mass is 28.3. The average molecular weight is 1010 g/mol. The van der Waals surface area contributed by atoms with E-state index in [2.05, 4.69) is 147 Å². The zero-order valence-electron chi connectivity index (χ0n) is 44.4. The first-order chi connectivity index (χ1) is 35.5. The van der Waals surface area contributed by atoms with E-state index >= 15 is 0 Å². The van der Waals surface area contributed by atoms with Crippen molar-refractivity contribution >= 4 is 16.1 Å². The molecule has 374 valence electrons. The van der Waals surface area contributed by atoms with Gasteiger partial charge < -0.3 is 0 Å². The second-order valence-corrected chi connectivity index (χ2v) is 32.1. The molecular formula is C58H64N14Si2. The second-order valence-electron chi connectivity index (χ2n) is 21.0. The van der Waals surface area contributed by atoms with Crippen LogP contribution < -0.4 is 0 Å². The Bertz CT molecular complexity index is 3190. The van der Waals surface area contributed by atoms with Gasteiger partial charge in [0.25, 0.3) is 0 Å². The third kappa shape index (κ3) is 10.2. The number of aromatic nitrogens is 14. The van der Waals surface area contributed by atoms with E-state index in [0.717, 1.165) is 67.8 Å². The van der Waals surface area contributed by atoms with Gasteiger partial charge in [-0.15, -0.1) is 31.5 Å². The third-order valence-corrected chi connectivity index (χ3v) is 27.4. The third-order valence-electron chi connectivity index (χ3n) is 14.8. The highest BCUT2D eigenvalue weighted by Crippen LogP contribution is 2.42. The van der Waals surface area contributed by atoms with Crippen LogP contribution in [0.1, 0.15) is 94.2 Å². The molecule has 14 nitrogen and oxygen atoms in total. The zero-order valence-corrected chi connectivity index (χ0v) is 46.4. The lowest BCUT2D eigenvalue weighted by molar-refractivity contribution is 0.792. The van der Waals surface area contributed by atoms with Crippen molar-refractivity contribution in [1.82, 2.24) is 69.9 Å². The van der Waals surface area contributed by atoms with Gasteiger partial charge >= 0.3 is 0 Å². The van der Waals surface area contributed by atoms with Gasteiger partial charge in [0.05, 0.1) is 58.9 Å². The molecule has 0 aliphatic heterocycles.